The predicted molar refractivity (Wildman–Crippen MR) is 79.9 cm³/mol. The molecule has 2 heterocycles. The minimum absolute atomic E-state index is 0.0148. The lowest BCUT2D eigenvalue weighted by atomic mass is 10.2. The summed E-state index contributed by atoms with van der Waals surface area (Å²) in [4.78, 5) is 29.3. The second kappa shape index (κ2) is 7.33. The Morgan fingerprint density at radius 2 is 2.48 bits per heavy atom. The number of hydrogen-bond donors (Lipinski definition) is 1. The van der Waals surface area contributed by atoms with Crippen molar-refractivity contribution in [2.45, 2.75) is 19.4 Å². The summed E-state index contributed by atoms with van der Waals surface area (Å²) in [5.41, 5.74) is 0.967. The summed E-state index contributed by atoms with van der Waals surface area (Å²) in [6, 6.07) is 0. The summed E-state index contributed by atoms with van der Waals surface area (Å²) in [5.74, 6) is -0.248. The maximum Gasteiger partial charge on any atom is 0.243 e. The normalized spacial score (nSPS) is 18.3. The van der Waals surface area contributed by atoms with Gasteiger partial charge in [-0.15, -0.1) is 11.3 Å². The van der Waals surface area contributed by atoms with Crippen LogP contribution in [0.4, 0.5) is 0 Å². The van der Waals surface area contributed by atoms with E-state index in [0.717, 1.165) is 10.7 Å². The highest BCUT2D eigenvalue weighted by Crippen LogP contribution is 2.25. The highest BCUT2D eigenvalue weighted by molar-refractivity contribution is 7.09. The van der Waals surface area contributed by atoms with E-state index in [1.807, 2.05) is 12.3 Å². The number of nitrogens with zero attached hydrogens (tertiary/aromatic N) is 2. The number of carbonyl (C=O) groups is 2. The highest BCUT2D eigenvalue weighted by atomic mass is 32.1. The van der Waals surface area contributed by atoms with E-state index in [-0.39, 0.29) is 24.3 Å². The number of morpholine rings is 1. The Hall–Kier alpha value is -1.73. The van der Waals surface area contributed by atoms with Crippen LogP contribution in [-0.2, 0) is 14.3 Å². The molecular formula is C14H19N3O3S. The molecule has 7 heteroatoms. The van der Waals surface area contributed by atoms with E-state index in [1.54, 1.807) is 16.2 Å². The predicted octanol–water partition coefficient (Wildman–Crippen LogP) is 1.04. The van der Waals surface area contributed by atoms with Crippen molar-refractivity contribution in [3.8, 4) is 0 Å². The number of aromatic nitrogens is 1. The average Bonchev–Trinajstić information content (AvgIpc) is 2.93. The zero-order chi connectivity index (χ0) is 15.2. The van der Waals surface area contributed by atoms with Crippen molar-refractivity contribution in [1.82, 2.24) is 15.2 Å². The number of amides is 2. The lowest BCUT2D eigenvalue weighted by Gasteiger charge is -2.32. The van der Waals surface area contributed by atoms with Crippen molar-refractivity contribution in [2.24, 2.45) is 0 Å². The molecule has 114 valence electrons. The van der Waals surface area contributed by atoms with Gasteiger partial charge < -0.3 is 15.0 Å². The Bertz CT molecular complexity index is 529. The summed E-state index contributed by atoms with van der Waals surface area (Å²) in [6.45, 7) is 7.23. The monoisotopic (exact) mass is 309 g/mol. The summed E-state index contributed by atoms with van der Waals surface area (Å²) < 4.78 is 5.69. The SMILES string of the molecule is C=CC(=O)NCCC(=O)N1CCOC(c2nc(C)cs2)C1. The van der Waals surface area contributed by atoms with Crippen LogP contribution in [0.3, 0.4) is 0 Å². The van der Waals surface area contributed by atoms with E-state index in [9.17, 15) is 9.59 Å². The molecule has 2 rings (SSSR count). The van der Waals surface area contributed by atoms with Crippen LogP contribution in [0, 0.1) is 6.92 Å². The summed E-state index contributed by atoms with van der Waals surface area (Å²) in [7, 11) is 0. The fraction of sp³-hybridized carbons (Fsp3) is 0.500. The van der Waals surface area contributed by atoms with Gasteiger partial charge in [0.1, 0.15) is 11.1 Å². The van der Waals surface area contributed by atoms with Gasteiger partial charge in [0.25, 0.3) is 0 Å². The molecule has 0 aliphatic carbocycles. The molecule has 1 atom stereocenters. The molecule has 0 bridgehead atoms. The third-order valence-corrected chi connectivity index (χ3v) is 4.21. The zero-order valence-corrected chi connectivity index (χ0v) is 12.8. The van der Waals surface area contributed by atoms with Gasteiger partial charge in [0, 0.05) is 30.6 Å². The van der Waals surface area contributed by atoms with Crippen molar-refractivity contribution >= 4 is 23.2 Å². The molecule has 0 aromatic carbocycles. The molecule has 1 aromatic heterocycles. The first-order chi connectivity index (χ1) is 10.1. The van der Waals surface area contributed by atoms with Crippen LogP contribution in [0.1, 0.15) is 23.2 Å². The fourth-order valence-corrected chi connectivity index (χ4v) is 2.90. The first-order valence-electron chi connectivity index (χ1n) is 6.82. The number of thiazole rings is 1. The Morgan fingerprint density at radius 3 is 3.14 bits per heavy atom. The minimum atomic E-state index is -0.263. The molecule has 0 saturated carbocycles. The average molecular weight is 309 g/mol. The Morgan fingerprint density at radius 1 is 1.67 bits per heavy atom. The van der Waals surface area contributed by atoms with Crippen LogP contribution in [0.15, 0.2) is 18.0 Å². The first kappa shape index (κ1) is 15.7. The van der Waals surface area contributed by atoms with Gasteiger partial charge in [-0.2, -0.15) is 0 Å². The number of rotatable bonds is 5. The zero-order valence-electron chi connectivity index (χ0n) is 12.0. The quantitative estimate of drug-likeness (QED) is 0.825. The summed E-state index contributed by atoms with van der Waals surface area (Å²) in [5, 5.41) is 5.49. The summed E-state index contributed by atoms with van der Waals surface area (Å²) in [6.07, 6.45) is 1.33. The number of aryl methyl sites for hydroxylation is 1. The number of carbonyl (C=O) groups excluding carboxylic acids is 2. The smallest absolute Gasteiger partial charge is 0.243 e. The number of hydrogen-bond acceptors (Lipinski definition) is 5. The van der Waals surface area contributed by atoms with Gasteiger partial charge in [-0.25, -0.2) is 4.98 Å². The topological polar surface area (TPSA) is 71.5 Å². The molecule has 0 radical (unpaired) electrons. The van der Waals surface area contributed by atoms with E-state index in [0.29, 0.717) is 26.2 Å². The molecule has 1 aromatic rings. The first-order valence-corrected chi connectivity index (χ1v) is 7.70. The fourth-order valence-electron chi connectivity index (χ4n) is 2.07. The van der Waals surface area contributed by atoms with Gasteiger partial charge in [-0.3, -0.25) is 9.59 Å². The van der Waals surface area contributed by atoms with Gasteiger partial charge in [0.2, 0.25) is 11.8 Å². The van der Waals surface area contributed by atoms with Crippen LogP contribution in [0.25, 0.3) is 0 Å². The van der Waals surface area contributed by atoms with Gasteiger partial charge >= 0.3 is 0 Å². The summed E-state index contributed by atoms with van der Waals surface area (Å²) >= 11 is 1.55. The van der Waals surface area contributed by atoms with Crippen LogP contribution in [0.2, 0.25) is 0 Å². The van der Waals surface area contributed by atoms with E-state index >= 15 is 0 Å². The molecule has 21 heavy (non-hydrogen) atoms. The Balaban J connectivity index is 1.84. The van der Waals surface area contributed by atoms with Crippen molar-refractivity contribution in [3.63, 3.8) is 0 Å². The number of nitrogens with one attached hydrogen (secondary N) is 1. The van der Waals surface area contributed by atoms with Gasteiger partial charge in [0.15, 0.2) is 0 Å². The van der Waals surface area contributed by atoms with E-state index < -0.39 is 0 Å². The molecule has 2 amide bonds. The van der Waals surface area contributed by atoms with E-state index in [4.69, 9.17) is 4.74 Å². The molecule has 1 aliphatic heterocycles. The number of ether oxygens (including phenoxy) is 1. The lowest BCUT2D eigenvalue weighted by Crippen LogP contribution is -2.43. The van der Waals surface area contributed by atoms with E-state index in [1.165, 1.54) is 6.08 Å². The molecule has 1 N–H and O–H groups in total. The van der Waals surface area contributed by atoms with Crippen LogP contribution in [-0.4, -0.2) is 47.9 Å². The van der Waals surface area contributed by atoms with Crippen molar-refractivity contribution in [1.29, 1.82) is 0 Å². The maximum absolute atomic E-state index is 12.1. The molecule has 1 unspecified atom stereocenters. The molecule has 1 aliphatic rings. The van der Waals surface area contributed by atoms with Crippen molar-refractivity contribution in [3.05, 3.63) is 28.7 Å². The molecule has 1 saturated heterocycles. The molecule has 6 nitrogen and oxygen atoms in total. The van der Waals surface area contributed by atoms with Gasteiger partial charge in [-0.05, 0) is 13.0 Å². The van der Waals surface area contributed by atoms with Crippen molar-refractivity contribution in [2.75, 3.05) is 26.2 Å². The van der Waals surface area contributed by atoms with Crippen LogP contribution >= 0.6 is 11.3 Å². The third kappa shape index (κ3) is 4.37. The highest BCUT2D eigenvalue weighted by Gasteiger charge is 2.26. The Labute approximate surface area is 127 Å². The second-order valence-electron chi connectivity index (χ2n) is 4.77. The third-order valence-electron chi connectivity index (χ3n) is 3.15. The van der Waals surface area contributed by atoms with Crippen LogP contribution < -0.4 is 5.32 Å². The molecular weight excluding hydrogens is 290 g/mol. The lowest BCUT2D eigenvalue weighted by molar-refractivity contribution is -0.138. The Kier molecular flexibility index (Phi) is 5.46. The van der Waals surface area contributed by atoms with Gasteiger partial charge in [0.05, 0.1) is 13.2 Å². The molecule has 1 fully saturated rings. The standard InChI is InChI=1S/C14H19N3O3S/c1-3-12(18)15-5-4-13(19)17-6-7-20-11(8-17)14-16-10(2)9-21-14/h3,9,11H,1,4-8H2,2H3,(H,15,18). The minimum Gasteiger partial charge on any atom is -0.367 e. The maximum atomic E-state index is 12.1. The van der Waals surface area contributed by atoms with E-state index in [2.05, 4.69) is 16.9 Å². The second-order valence-corrected chi connectivity index (χ2v) is 5.66. The van der Waals surface area contributed by atoms with Gasteiger partial charge in [-0.1, -0.05) is 6.58 Å². The largest absolute Gasteiger partial charge is 0.367 e. The van der Waals surface area contributed by atoms with Crippen molar-refractivity contribution < 1.29 is 14.3 Å². The van der Waals surface area contributed by atoms with Crippen LogP contribution in [0.5, 0.6) is 0 Å². The molecule has 0 spiro atoms.